The number of benzene rings is 2. The van der Waals surface area contributed by atoms with Crippen molar-refractivity contribution in [1.29, 1.82) is 0 Å². The lowest BCUT2D eigenvalue weighted by molar-refractivity contribution is 0.0948. The van der Waals surface area contributed by atoms with E-state index < -0.39 is 5.82 Å². The fraction of sp³-hybridized carbons (Fsp3) is 0.278. The second kappa shape index (κ2) is 7.71. The van der Waals surface area contributed by atoms with Crippen LogP contribution >= 0.6 is 0 Å². The van der Waals surface area contributed by atoms with E-state index in [2.05, 4.69) is 5.32 Å². The van der Waals surface area contributed by atoms with Crippen LogP contribution in [0.4, 0.5) is 4.39 Å². The number of hydrogen-bond donors (Lipinski definition) is 1. The van der Waals surface area contributed by atoms with Gasteiger partial charge in [-0.2, -0.15) is 0 Å². The number of amides is 1. The van der Waals surface area contributed by atoms with E-state index in [0.717, 1.165) is 24.1 Å². The van der Waals surface area contributed by atoms with E-state index in [-0.39, 0.29) is 11.5 Å². The Kier molecular flexibility index (Phi) is 5.67. The van der Waals surface area contributed by atoms with E-state index in [4.69, 9.17) is 0 Å². The summed E-state index contributed by atoms with van der Waals surface area (Å²) in [5.41, 5.74) is 1.89. The first kappa shape index (κ1) is 16.2. The summed E-state index contributed by atoms with van der Waals surface area (Å²) < 4.78 is 13.9. The molecule has 4 heteroatoms. The van der Waals surface area contributed by atoms with E-state index in [0.29, 0.717) is 6.54 Å². The molecule has 0 aliphatic carbocycles. The highest BCUT2D eigenvalue weighted by Gasteiger charge is 2.12. The molecular formula is C18H21FN2O. The third kappa shape index (κ3) is 4.40. The molecule has 1 N–H and O–H groups in total. The maximum absolute atomic E-state index is 13.9. The third-order valence-corrected chi connectivity index (χ3v) is 3.39. The number of halogens is 1. The lowest BCUT2D eigenvalue weighted by Crippen LogP contribution is -2.27. The topological polar surface area (TPSA) is 32.3 Å². The van der Waals surface area contributed by atoms with Crippen molar-refractivity contribution >= 4 is 5.91 Å². The number of nitrogens with one attached hydrogen (secondary N) is 1. The van der Waals surface area contributed by atoms with Gasteiger partial charge in [0.05, 0.1) is 5.56 Å². The predicted octanol–water partition coefficient (Wildman–Crippen LogP) is 3.17. The Morgan fingerprint density at radius 2 is 1.82 bits per heavy atom. The molecule has 0 fully saturated rings. The minimum absolute atomic E-state index is 0.0891. The van der Waals surface area contributed by atoms with Crippen LogP contribution in [-0.2, 0) is 0 Å². The second-order valence-electron chi connectivity index (χ2n) is 5.47. The third-order valence-electron chi connectivity index (χ3n) is 3.39. The first-order valence-electron chi connectivity index (χ1n) is 7.36. The average molecular weight is 300 g/mol. The van der Waals surface area contributed by atoms with Gasteiger partial charge in [0, 0.05) is 6.54 Å². The molecule has 2 aromatic carbocycles. The van der Waals surface area contributed by atoms with Gasteiger partial charge in [-0.3, -0.25) is 4.79 Å². The van der Waals surface area contributed by atoms with Gasteiger partial charge in [-0.15, -0.1) is 0 Å². The van der Waals surface area contributed by atoms with Crippen LogP contribution in [0.25, 0.3) is 11.1 Å². The van der Waals surface area contributed by atoms with E-state index in [1.54, 1.807) is 12.1 Å². The summed E-state index contributed by atoms with van der Waals surface area (Å²) in [6, 6.07) is 14.3. The van der Waals surface area contributed by atoms with Gasteiger partial charge < -0.3 is 10.2 Å². The molecule has 2 aromatic rings. The molecule has 0 saturated carbocycles. The summed E-state index contributed by atoms with van der Waals surface area (Å²) in [7, 11) is 3.95. The van der Waals surface area contributed by atoms with Crippen molar-refractivity contribution in [3.05, 3.63) is 59.9 Å². The van der Waals surface area contributed by atoms with Crippen molar-refractivity contribution in [3.63, 3.8) is 0 Å². The largest absolute Gasteiger partial charge is 0.352 e. The Balaban J connectivity index is 2.08. The van der Waals surface area contributed by atoms with Gasteiger partial charge in [0.15, 0.2) is 0 Å². The van der Waals surface area contributed by atoms with E-state index >= 15 is 0 Å². The highest BCUT2D eigenvalue weighted by atomic mass is 19.1. The standard InChI is InChI=1S/C18H21FN2O/c1-21(2)12-6-11-20-18(22)16-13-15(9-10-17(16)19)14-7-4-3-5-8-14/h3-5,7-10,13H,6,11-12H2,1-2H3,(H,20,22). The molecule has 2 rings (SSSR count). The fourth-order valence-corrected chi connectivity index (χ4v) is 2.20. The molecule has 0 aromatic heterocycles. The molecule has 0 bridgehead atoms. The maximum Gasteiger partial charge on any atom is 0.254 e. The van der Waals surface area contributed by atoms with Gasteiger partial charge in [-0.1, -0.05) is 36.4 Å². The van der Waals surface area contributed by atoms with E-state index in [1.165, 1.54) is 6.07 Å². The summed E-state index contributed by atoms with van der Waals surface area (Å²) in [5.74, 6) is -0.862. The smallest absolute Gasteiger partial charge is 0.254 e. The summed E-state index contributed by atoms with van der Waals surface area (Å²) in [6.45, 7) is 1.42. The van der Waals surface area contributed by atoms with Crippen molar-refractivity contribution in [2.24, 2.45) is 0 Å². The first-order chi connectivity index (χ1) is 10.6. The number of carbonyl (C=O) groups is 1. The van der Waals surface area contributed by atoms with Crippen LogP contribution in [0.5, 0.6) is 0 Å². The lowest BCUT2D eigenvalue weighted by atomic mass is 10.0. The molecule has 0 radical (unpaired) electrons. The molecule has 0 heterocycles. The zero-order valence-electron chi connectivity index (χ0n) is 13.0. The summed E-state index contributed by atoms with van der Waals surface area (Å²) >= 11 is 0. The van der Waals surface area contributed by atoms with Crippen LogP contribution in [0, 0.1) is 5.82 Å². The molecule has 0 aliphatic rings. The minimum atomic E-state index is -0.496. The molecule has 116 valence electrons. The number of carbonyl (C=O) groups excluding carboxylic acids is 1. The summed E-state index contributed by atoms with van der Waals surface area (Å²) in [5, 5.41) is 2.77. The Morgan fingerprint density at radius 3 is 2.50 bits per heavy atom. The van der Waals surface area contributed by atoms with Gasteiger partial charge in [0.1, 0.15) is 5.82 Å². The highest BCUT2D eigenvalue weighted by molar-refractivity contribution is 5.95. The van der Waals surface area contributed by atoms with Crippen molar-refractivity contribution in [1.82, 2.24) is 10.2 Å². The van der Waals surface area contributed by atoms with Gasteiger partial charge in [-0.05, 0) is 50.3 Å². The molecular weight excluding hydrogens is 279 g/mol. The van der Waals surface area contributed by atoms with Crippen molar-refractivity contribution < 1.29 is 9.18 Å². The average Bonchev–Trinajstić information content (AvgIpc) is 2.52. The Morgan fingerprint density at radius 1 is 1.09 bits per heavy atom. The minimum Gasteiger partial charge on any atom is -0.352 e. The Labute approximate surface area is 130 Å². The Hall–Kier alpha value is -2.20. The summed E-state index contributed by atoms with van der Waals surface area (Å²) in [4.78, 5) is 14.2. The molecule has 0 aliphatic heterocycles. The van der Waals surface area contributed by atoms with Crippen molar-refractivity contribution in [2.75, 3.05) is 27.2 Å². The van der Waals surface area contributed by atoms with Crippen molar-refractivity contribution in [2.45, 2.75) is 6.42 Å². The lowest BCUT2D eigenvalue weighted by Gasteiger charge is -2.11. The van der Waals surface area contributed by atoms with Crippen LogP contribution in [0.1, 0.15) is 16.8 Å². The van der Waals surface area contributed by atoms with E-state index in [9.17, 15) is 9.18 Å². The highest BCUT2D eigenvalue weighted by Crippen LogP contribution is 2.21. The Bertz CT molecular complexity index is 626. The molecule has 0 spiro atoms. The van der Waals surface area contributed by atoms with Crippen LogP contribution in [0.2, 0.25) is 0 Å². The predicted molar refractivity (Wildman–Crippen MR) is 87.3 cm³/mol. The first-order valence-corrected chi connectivity index (χ1v) is 7.36. The van der Waals surface area contributed by atoms with Crippen LogP contribution < -0.4 is 5.32 Å². The van der Waals surface area contributed by atoms with E-state index in [1.807, 2.05) is 49.3 Å². The zero-order chi connectivity index (χ0) is 15.9. The molecule has 0 saturated heterocycles. The second-order valence-corrected chi connectivity index (χ2v) is 5.47. The van der Waals surface area contributed by atoms with Crippen LogP contribution in [0.15, 0.2) is 48.5 Å². The molecule has 22 heavy (non-hydrogen) atoms. The number of hydrogen-bond acceptors (Lipinski definition) is 2. The maximum atomic E-state index is 13.9. The molecule has 1 amide bonds. The van der Waals surface area contributed by atoms with Gasteiger partial charge >= 0.3 is 0 Å². The zero-order valence-corrected chi connectivity index (χ0v) is 13.0. The molecule has 0 unspecified atom stereocenters. The normalized spacial score (nSPS) is 10.7. The SMILES string of the molecule is CN(C)CCCNC(=O)c1cc(-c2ccccc2)ccc1F. The van der Waals surface area contributed by atoms with Gasteiger partial charge in [0.2, 0.25) is 0 Å². The van der Waals surface area contributed by atoms with Crippen LogP contribution in [-0.4, -0.2) is 38.0 Å². The molecule has 0 atom stereocenters. The van der Waals surface area contributed by atoms with Gasteiger partial charge in [-0.25, -0.2) is 4.39 Å². The van der Waals surface area contributed by atoms with Crippen LogP contribution in [0.3, 0.4) is 0 Å². The fourth-order valence-electron chi connectivity index (χ4n) is 2.20. The quantitative estimate of drug-likeness (QED) is 0.831. The monoisotopic (exact) mass is 300 g/mol. The van der Waals surface area contributed by atoms with Gasteiger partial charge in [0.25, 0.3) is 5.91 Å². The summed E-state index contributed by atoms with van der Waals surface area (Å²) in [6.07, 6.45) is 0.832. The number of rotatable bonds is 6. The number of nitrogens with zero attached hydrogens (tertiary/aromatic N) is 1. The van der Waals surface area contributed by atoms with Crippen molar-refractivity contribution in [3.8, 4) is 11.1 Å². The molecule has 3 nitrogen and oxygen atoms in total.